The molecule has 1 aromatic carbocycles. The van der Waals surface area contributed by atoms with Crippen molar-refractivity contribution in [1.29, 1.82) is 0 Å². The molecule has 2 rings (SSSR count). The summed E-state index contributed by atoms with van der Waals surface area (Å²) < 4.78 is 32.5. The molecule has 2 nitrogen and oxygen atoms in total. The van der Waals surface area contributed by atoms with Crippen molar-refractivity contribution in [3.63, 3.8) is 0 Å². The molecular weight excluding hydrogens is 226 g/mol. The van der Waals surface area contributed by atoms with Gasteiger partial charge in [0, 0.05) is 18.1 Å². The Morgan fingerprint density at radius 1 is 1.35 bits per heavy atom. The highest BCUT2D eigenvalue weighted by atomic mass is 19.2. The van der Waals surface area contributed by atoms with Gasteiger partial charge in [-0.15, -0.1) is 0 Å². The molecule has 0 aromatic heterocycles. The number of aliphatic hydroxyl groups excluding tert-OH is 1. The molecular formula is C13H16F2O2. The zero-order valence-electron chi connectivity index (χ0n) is 9.91. The number of hydrogen-bond donors (Lipinski definition) is 1. The summed E-state index contributed by atoms with van der Waals surface area (Å²) in [4.78, 5) is 0. The SMILES string of the molecule is Cc1ccc(C(O)C2CCOC2C)c(F)c1F. The van der Waals surface area contributed by atoms with Crippen LogP contribution >= 0.6 is 0 Å². The highest BCUT2D eigenvalue weighted by Gasteiger charge is 2.33. The van der Waals surface area contributed by atoms with Crippen LogP contribution < -0.4 is 0 Å². The van der Waals surface area contributed by atoms with Gasteiger partial charge < -0.3 is 9.84 Å². The summed E-state index contributed by atoms with van der Waals surface area (Å²) in [6.45, 7) is 3.89. The van der Waals surface area contributed by atoms with Gasteiger partial charge in [-0.05, 0) is 25.8 Å². The predicted octanol–water partition coefficient (Wildman–Crippen LogP) is 2.73. The van der Waals surface area contributed by atoms with E-state index in [9.17, 15) is 13.9 Å². The fourth-order valence-corrected chi connectivity index (χ4v) is 2.28. The Labute approximate surface area is 99.2 Å². The van der Waals surface area contributed by atoms with E-state index in [1.165, 1.54) is 19.1 Å². The van der Waals surface area contributed by atoms with Gasteiger partial charge in [-0.3, -0.25) is 0 Å². The van der Waals surface area contributed by atoms with Gasteiger partial charge in [-0.25, -0.2) is 8.78 Å². The minimum atomic E-state index is -1.01. The molecule has 0 aliphatic carbocycles. The van der Waals surface area contributed by atoms with Gasteiger partial charge in [0.15, 0.2) is 11.6 Å². The van der Waals surface area contributed by atoms with Crippen molar-refractivity contribution in [1.82, 2.24) is 0 Å². The quantitative estimate of drug-likeness (QED) is 0.864. The normalized spacial score (nSPS) is 26.2. The van der Waals surface area contributed by atoms with E-state index in [2.05, 4.69) is 0 Å². The van der Waals surface area contributed by atoms with Crippen LogP contribution in [-0.4, -0.2) is 17.8 Å². The summed E-state index contributed by atoms with van der Waals surface area (Å²) in [6, 6.07) is 2.93. The van der Waals surface area contributed by atoms with E-state index in [4.69, 9.17) is 4.74 Å². The van der Waals surface area contributed by atoms with Gasteiger partial charge in [-0.2, -0.15) is 0 Å². The fourth-order valence-electron chi connectivity index (χ4n) is 2.28. The zero-order chi connectivity index (χ0) is 12.6. The Kier molecular flexibility index (Phi) is 3.45. The molecule has 0 saturated carbocycles. The third-order valence-electron chi connectivity index (χ3n) is 3.46. The lowest BCUT2D eigenvalue weighted by molar-refractivity contribution is 0.0411. The summed E-state index contributed by atoms with van der Waals surface area (Å²) >= 11 is 0. The molecule has 0 amide bonds. The number of rotatable bonds is 2. The molecule has 3 atom stereocenters. The molecule has 1 heterocycles. The number of halogens is 2. The van der Waals surface area contributed by atoms with E-state index in [-0.39, 0.29) is 23.1 Å². The molecule has 1 aliphatic rings. The largest absolute Gasteiger partial charge is 0.388 e. The third-order valence-corrected chi connectivity index (χ3v) is 3.46. The van der Waals surface area contributed by atoms with Crippen LogP contribution in [0, 0.1) is 24.5 Å². The van der Waals surface area contributed by atoms with Crippen molar-refractivity contribution in [3.8, 4) is 0 Å². The maximum absolute atomic E-state index is 13.7. The Morgan fingerprint density at radius 2 is 2.06 bits per heavy atom. The average molecular weight is 242 g/mol. The first-order valence-electron chi connectivity index (χ1n) is 5.76. The molecule has 1 fully saturated rings. The van der Waals surface area contributed by atoms with Gasteiger partial charge in [-0.1, -0.05) is 12.1 Å². The Hall–Kier alpha value is -1.00. The second-order valence-electron chi connectivity index (χ2n) is 4.57. The zero-order valence-corrected chi connectivity index (χ0v) is 9.91. The second-order valence-corrected chi connectivity index (χ2v) is 4.57. The molecule has 4 heteroatoms. The van der Waals surface area contributed by atoms with Crippen molar-refractivity contribution in [2.45, 2.75) is 32.5 Å². The van der Waals surface area contributed by atoms with Crippen LogP contribution in [0.5, 0.6) is 0 Å². The van der Waals surface area contributed by atoms with Gasteiger partial charge in [0.2, 0.25) is 0 Å². The molecule has 3 unspecified atom stereocenters. The van der Waals surface area contributed by atoms with Gasteiger partial charge in [0.05, 0.1) is 12.2 Å². The van der Waals surface area contributed by atoms with Crippen LogP contribution in [0.4, 0.5) is 8.78 Å². The molecule has 1 saturated heterocycles. The van der Waals surface area contributed by atoms with E-state index in [1.54, 1.807) is 0 Å². The number of aliphatic hydroxyl groups is 1. The van der Waals surface area contributed by atoms with Crippen LogP contribution in [0.25, 0.3) is 0 Å². The smallest absolute Gasteiger partial charge is 0.164 e. The first-order valence-corrected chi connectivity index (χ1v) is 5.76. The van der Waals surface area contributed by atoms with E-state index in [0.717, 1.165) is 0 Å². The topological polar surface area (TPSA) is 29.5 Å². The molecule has 1 aliphatic heterocycles. The Balaban J connectivity index is 2.31. The maximum atomic E-state index is 13.7. The van der Waals surface area contributed by atoms with E-state index in [1.807, 2.05) is 6.92 Å². The van der Waals surface area contributed by atoms with Crippen molar-refractivity contribution in [3.05, 3.63) is 34.9 Å². The number of hydrogen-bond acceptors (Lipinski definition) is 2. The van der Waals surface area contributed by atoms with Gasteiger partial charge in [0.25, 0.3) is 0 Å². The van der Waals surface area contributed by atoms with E-state index >= 15 is 0 Å². The molecule has 0 spiro atoms. The van der Waals surface area contributed by atoms with Crippen LogP contribution in [-0.2, 0) is 4.74 Å². The van der Waals surface area contributed by atoms with Crippen molar-refractivity contribution in [2.75, 3.05) is 6.61 Å². The summed E-state index contributed by atoms with van der Waals surface area (Å²) in [6.07, 6.45) is -0.478. The first kappa shape index (κ1) is 12.5. The average Bonchev–Trinajstić information content (AvgIpc) is 2.72. The molecule has 0 radical (unpaired) electrons. The Morgan fingerprint density at radius 3 is 2.65 bits per heavy atom. The number of ether oxygens (including phenoxy) is 1. The lowest BCUT2D eigenvalue weighted by atomic mass is 9.90. The van der Waals surface area contributed by atoms with Crippen molar-refractivity contribution >= 4 is 0 Å². The highest BCUT2D eigenvalue weighted by Crippen LogP contribution is 2.35. The standard InChI is InChI=1S/C13H16F2O2/c1-7-3-4-10(12(15)11(7)14)13(16)9-5-6-17-8(9)2/h3-4,8-9,13,16H,5-6H2,1-2H3. The molecule has 1 N–H and O–H groups in total. The second kappa shape index (κ2) is 4.70. The van der Waals surface area contributed by atoms with E-state index in [0.29, 0.717) is 13.0 Å². The highest BCUT2D eigenvalue weighted by molar-refractivity contribution is 5.27. The molecule has 1 aromatic rings. The van der Waals surface area contributed by atoms with Crippen LogP contribution in [0.1, 0.15) is 30.6 Å². The Bertz CT molecular complexity index is 420. The molecule has 17 heavy (non-hydrogen) atoms. The van der Waals surface area contributed by atoms with Crippen molar-refractivity contribution in [2.24, 2.45) is 5.92 Å². The van der Waals surface area contributed by atoms with E-state index < -0.39 is 17.7 Å². The lowest BCUT2D eigenvalue weighted by Gasteiger charge is -2.22. The van der Waals surface area contributed by atoms with Crippen LogP contribution in [0.15, 0.2) is 12.1 Å². The number of benzene rings is 1. The van der Waals surface area contributed by atoms with Gasteiger partial charge in [0.1, 0.15) is 0 Å². The minimum Gasteiger partial charge on any atom is -0.388 e. The monoisotopic (exact) mass is 242 g/mol. The maximum Gasteiger partial charge on any atom is 0.164 e. The minimum absolute atomic E-state index is 0.0236. The summed E-state index contributed by atoms with van der Waals surface area (Å²) in [5.41, 5.74) is 0.268. The molecule has 0 bridgehead atoms. The van der Waals surface area contributed by atoms with Crippen molar-refractivity contribution < 1.29 is 18.6 Å². The summed E-state index contributed by atoms with van der Waals surface area (Å²) in [5, 5.41) is 10.1. The fraction of sp³-hybridized carbons (Fsp3) is 0.538. The summed E-state index contributed by atoms with van der Waals surface area (Å²) in [7, 11) is 0. The van der Waals surface area contributed by atoms with Gasteiger partial charge >= 0.3 is 0 Å². The first-order chi connectivity index (χ1) is 8.02. The third kappa shape index (κ3) is 2.19. The molecule has 94 valence electrons. The van der Waals surface area contributed by atoms with Crippen LogP contribution in [0.3, 0.4) is 0 Å². The van der Waals surface area contributed by atoms with Crippen LogP contribution in [0.2, 0.25) is 0 Å². The predicted molar refractivity (Wildman–Crippen MR) is 59.6 cm³/mol. The lowest BCUT2D eigenvalue weighted by Crippen LogP contribution is -2.21. The summed E-state index contributed by atoms with van der Waals surface area (Å²) in [5.74, 6) is -2.00. The number of aryl methyl sites for hydroxylation is 1.